The van der Waals surface area contributed by atoms with Gasteiger partial charge in [0.05, 0.1) is 7.11 Å². The maximum atomic E-state index is 11.6. The van der Waals surface area contributed by atoms with E-state index >= 15 is 0 Å². The number of aromatic nitrogens is 3. The van der Waals surface area contributed by atoms with Gasteiger partial charge in [0.25, 0.3) is 5.56 Å². The van der Waals surface area contributed by atoms with E-state index in [0.29, 0.717) is 23.3 Å². The molecule has 0 aliphatic carbocycles. The van der Waals surface area contributed by atoms with Crippen LogP contribution in [0.25, 0.3) is 11.0 Å². The Morgan fingerprint density at radius 2 is 2.29 bits per heavy atom. The highest BCUT2D eigenvalue weighted by Gasteiger charge is 2.12. The van der Waals surface area contributed by atoms with Crippen LogP contribution >= 0.6 is 0 Å². The van der Waals surface area contributed by atoms with Crippen molar-refractivity contribution in [2.75, 3.05) is 7.11 Å². The van der Waals surface area contributed by atoms with E-state index in [0.717, 1.165) is 0 Å². The molecule has 0 saturated heterocycles. The number of H-pyrrole nitrogens is 1. The van der Waals surface area contributed by atoms with Crippen LogP contribution in [-0.4, -0.2) is 28.0 Å². The average molecular weight is 233 g/mol. The molecule has 0 aliphatic heterocycles. The lowest BCUT2D eigenvalue weighted by Gasteiger charge is -2.02. The third-order valence-corrected chi connectivity index (χ3v) is 2.36. The SMILES string of the molecule is CCc1ncc2cc(C(=O)OC)c(=O)[nH]c2n1. The minimum absolute atomic E-state index is 0.0483. The molecule has 88 valence electrons. The van der Waals surface area contributed by atoms with Crippen molar-refractivity contribution in [3.63, 3.8) is 0 Å². The summed E-state index contributed by atoms with van der Waals surface area (Å²) in [6.07, 6.45) is 2.25. The summed E-state index contributed by atoms with van der Waals surface area (Å²) in [5, 5.41) is 0.599. The van der Waals surface area contributed by atoms with Gasteiger partial charge in [-0.15, -0.1) is 0 Å². The van der Waals surface area contributed by atoms with E-state index in [9.17, 15) is 9.59 Å². The van der Waals surface area contributed by atoms with Crippen LogP contribution in [-0.2, 0) is 11.2 Å². The van der Waals surface area contributed by atoms with Gasteiger partial charge in [-0.3, -0.25) is 4.79 Å². The number of nitrogens with zero attached hydrogens (tertiary/aromatic N) is 2. The van der Waals surface area contributed by atoms with E-state index in [1.54, 1.807) is 6.20 Å². The van der Waals surface area contributed by atoms with Gasteiger partial charge in [0, 0.05) is 18.0 Å². The normalized spacial score (nSPS) is 10.5. The minimum Gasteiger partial charge on any atom is -0.465 e. The van der Waals surface area contributed by atoms with Crippen molar-refractivity contribution >= 4 is 17.0 Å². The second kappa shape index (κ2) is 4.32. The lowest BCUT2D eigenvalue weighted by Crippen LogP contribution is -2.19. The number of fused-ring (bicyclic) bond motifs is 1. The highest BCUT2D eigenvalue weighted by atomic mass is 16.5. The van der Waals surface area contributed by atoms with Crippen molar-refractivity contribution in [2.24, 2.45) is 0 Å². The number of hydrogen-bond donors (Lipinski definition) is 1. The minimum atomic E-state index is -0.673. The largest absolute Gasteiger partial charge is 0.465 e. The molecule has 1 N–H and O–H groups in total. The second-order valence-corrected chi connectivity index (χ2v) is 3.45. The Labute approximate surface area is 96.7 Å². The summed E-state index contributed by atoms with van der Waals surface area (Å²) < 4.78 is 4.51. The average Bonchev–Trinajstić information content (AvgIpc) is 2.36. The summed E-state index contributed by atoms with van der Waals surface area (Å²) in [7, 11) is 1.22. The molecule has 0 fully saturated rings. The summed E-state index contributed by atoms with van der Waals surface area (Å²) >= 11 is 0. The van der Waals surface area contributed by atoms with Gasteiger partial charge in [0.1, 0.15) is 17.0 Å². The molecule has 0 radical (unpaired) electrons. The van der Waals surface area contributed by atoms with Crippen LogP contribution in [0, 0.1) is 0 Å². The van der Waals surface area contributed by atoms with E-state index in [4.69, 9.17) is 0 Å². The number of hydrogen-bond acceptors (Lipinski definition) is 5. The van der Waals surface area contributed by atoms with Crippen LogP contribution < -0.4 is 5.56 Å². The highest BCUT2D eigenvalue weighted by molar-refractivity contribution is 5.92. The first-order valence-electron chi connectivity index (χ1n) is 5.13. The monoisotopic (exact) mass is 233 g/mol. The topological polar surface area (TPSA) is 84.9 Å². The molecule has 0 aliphatic rings. The number of pyridine rings is 1. The van der Waals surface area contributed by atoms with Crippen LogP contribution in [0.3, 0.4) is 0 Å². The molecule has 6 nitrogen and oxygen atoms in total. The number of methoxy groups -OCH3 is 1. The number of carbonyl (C=O) groups is 1. The lowest BCUT2D eigenvalue weighted by atomic mass is 10.2. The summed E-state index contributed by atoms with van der Waals surface area (Å²) in [6, 6.07) is 1.43. The van der Waals surface area contributed by atoms with Gasteiger partial charge in [0.2, 0.25) is 0 Å². The van der Waals surface area contributed by atoms with E-state index in [1.807, 2.05) is 6.92 Å². The van der Waals surface area contributed by atoms with Crippen molar-refractivity contribution in [3.05, 3.63) is 34.0 Å². The van der Waals surface area contributed by atoms with Crippen LogP contribution in [0.15, 0.2) is 17.1 Å². The number of aryl methyl sites for hydroxylation is 1. The molecule has 17 heavy (non-hydrogen) atoms. The summed E-state index contributed by atoms with van der Waals surface area (Å²) in [4.78, 5) is 33.7. The van der Waals surface area contributed by atoms with Gasteiger partial charge in [-0.2, -0.15) is 0 Å². The maximum Gasteiger partial charge on any atom is 0.343 e. The molecule has 0 saturated carbocycles. The highest BCUT2D eigenvalue weighted by Crippen LogP contribution is 2.08. The van der Waals surface area contributed by atoms with Crippen LogP contribution in [0.5, 0.6) is 0 Å². The Morgan fingerprint density at radius 1 is 1.53 bits per heavy atom. The van der Waals surface area contributed by atoms with E-state index in [-0.39, 0.29) is 5.56 Å². The van der Waals surface area contributed by atoms with Crippen LogP contribution in [0.2, 0.25) is 0 Å². The molecule has 0 aromatic carbocycles. The third kappa shape index (κ3) is 2.01. The molecule has 2 aromatic rings. The van der Waals surface area contributed by atoms with Gasteiger partial charge >= 0.3 is 5.97 Å². The third-order valence-electron chi connectivity index (χ3n) is 2.36. The lowest BCUT2D eigenvalue weighted by molar-refractivity contribution is 0.0599. The van der Waals surface area contributed by atoms with E-state index in [2.05, 4.69) is 19.7 Å². The number of esters is 1. The zero-order valence-corrected chi connectivity index (χ0v) is 9.48. The molecule has 2 aromatic heterocycles. The molecule has 6 heteroatoms. The smallest absolute Gasteiger partial charge is 0.343 e. The Morgan fingerprint density at radius 3 is 2.94 bits per heavy atom. The van der Waals surface area contributed by atoms with E-state index in [1.165, 1.54) is 13.2 Å². The molecule has 2 heterocycles. The second-order valence-electron chi connectivity index (χ2n) is 3.45. The van der Waals surface area contributed by atoms with Crippen LogP contribution in [0.4, 0.5) is 0 Å². The maximum absolute atomic E-state index is 11.6. The fraction of sp³-hybridized carbons (Fsp3) is 0.273. The Hall–Kier alpha value is -2.24. The van der Waals surface area contributed by atoms with Gasteiger partial charge in [0.15, 0.2) is 0 Å². The summed E-state index contributed by atoms with van der Waals surface area (Å²) in [5.74, 6) is -0.0355. The predicted octanol–water partition coefficient (Wildman–Crippen LogP) is 0.667. The number of carbonyl (C=O) groups excluding carboxylic acids is 1. The first-order chi connectivity index (χ1) is 8.15. The first-order valence-corrected chi connectivity index (χ1v) is 5.13. The van der Waals surface area contributed by atoms with Crippen molar-refractivity contribution in [1.29, 1.82) is 0 Å². The van der Waals surface area contributed by atoms with Crippen molar-refractivity contribution in [1.82, 2.24) is 15.0 Å². The molecule has 0 unspecified atom stereocenters. The number of rotatable bonds is 2. The zero-order chi connectivity index (χ0) is 12.4. The summed E-state index contributed by atoms with van der Waals surface area (Å²) in [6.45, 7) is 1.92. The zero-order valence-electron chi connectivity index (χ0n) is 9.48. The Bertz CT molecular complexity index is 633. The molecular weight excluding hydrogens is 222 g/mol. The van der Waals surface area contributed by atoms with E-state index < -0.39 is 11.5 Å². The van der Waals surface area contributed by atoms with Gasteiger partial charge < -0.3 is 9.72 Å². The number of ether oxygens (including phenoxy) is 1. The predicted molar refractivity (Wildman–Crippen MR) is 60.9 cm³/mol. The molecule has 0 spiro atoms. The van der Waals surface area contributed by atoms with Crippen molar-refractivity contribution in [2.45, 2.75) is 13.3 Å². The van der Waals surface area contributed by atoms with Crippen molar-refractivity contribution < 1.29 is 9.53 Å². The molecular formula is C11H11N3O3. The molecule has 0 atom stereocenters. The fourth-order valence-electron chi connectivity index (χ4n) is 1.46. The fourth-order valence-corrected chi connectivity index (χ4v) is 1.46. The Kier molecular flexibility index (Phi) is 2.86. The van der Waals surface area contributed by atoms with Gasteiger partial charge in [-0.25, -0.2) is 14.8 Å². The molecule has 2 rings (SSSR count). The quantitative estimate of drug-likeness (QED) is 0.770. The number of aromatic amines is 1. The first kappa shape index (κ1) is 11.3. The van der Waals surface area contributed by atoms with Crippen molar-refractivity contribution in [3.8, 4) is 0 Å². The standard InChI is InChI=1S/C11H11N3O3/c1-3-8-12-5-6-4-7(11(16)17-2)10(15)14-9(6)13-8/h4-5H,3H2,1-2H3,(H,12,13,14,15). The van der Waals surface area contributed by atoms with Gasteiger partial charge in [-0.1, -0.05) is 6.92 Å². The number of nitrogens with one attached hydrogen (secondary N) is 1. The Balaban J connectivity index is 2.66. The van der Waals surface area contributed by atoms with Crippen LogP contribution in [0.1, 0.15) is 23.1 Å². The summed E-state index contributed by atoms with van der Waals surface area (Å²) in [5.41, 5.74) is -0.132. The molecule has 0 bridgehead atoms. The molecule has 0 amide bonds. The van der Waals surface area contributed by atoms with Gasteiger partial charge in [-0.05, 0) is 6.07 Å².